The van der Waals surface area contributed by atoms with Crippen molar-refractivity contribution in [1.29, 1.82) is 0 Å². The molecule has 0 N–H and O–H groups in total. The molecule has 60 heavy (non-hydrogen) atoms. The van der Waals surface area contributed by atoms with Crippen molar-refractivity contribution in [3.8, 4) is 0 Å². The number of allylic oxidation sites excluding steroid dienone is 14. The van der Waals surface area contributed by atoms with Gasteiger partial charge < -0.3 is 14.2 Å². The summed E-state index contributed by atoms with van der Waals surface area (Å²) in [5, 5.41) is 0. The second-order valence-electron chi connectivity index (χ2n) is 16.3. The highest BCUT2D eigenvalue weighted by atomic mass is 16.6. The number of rotatable bonds is 45. The number of ether oxygens (including phenoxy) is 3. The van der Waals surface area contributed by atoms with Crippen LogP contribution >= 0.6 is 0 Å². The van der Waals surface area contributed by atoms with Crippen molar-refractivity contribution in [2.75, 3.05) is 19.8 Å². The molecule has 0 aliphatic carbocycles. The number of esters is 2. The Morgan fingerprint density at radius 2 is 0.750 bits per heavy atom. The van der Waals surface area contributed by atoms with E-state index in [0.29, 0.717) is 19.4 Å². The van der Waals surface area contributed by atoms with Crippen molar-refractivity contribution in [2.24, 2.45) is 0 Å². The third-order valence-corrected chi connectivity index (χ3v) is 10.4. The lowest BCUT2D eigenvalue weighted by molar-refractivity contribution is -0.163. The molecule has 0 amide bonds. The second kappa shape index (κ2) is 50.4. The maximum atomic E-state index is 12.8. The summed E-state index contributed by atoms with van der Waals surface area (Å²) in [5.74, 6) is -0.445. The first-order valence-electron chi connectivity index (χ1n) is 25.1. The molecule has 0 bridgehead atoms. The van der Waals surface area contributed by atoms with Gasteiger partial charge in [-0.2, -0.15) is 0 Å². The van der Waals surface area contributed by atoms with Crippen molar-refractivity contribution >= 4 is 11.9 Å². The van der Waals surface area contributed by atoms with E-state index >= 15 is 0 Å². The lowest BCUT2D eigenvalue weighted by atomic mass is 10.0. The van der Waals surface area contributed by atoms with Crippen LogP contribution in [-0.4, -0.2) is 37.9 Å². The molecular formula is C55H94O5. The Balaban J connectivity index is 4.37. The van der Waals surface area contributed by atoms with Gasteiger partial charge in [0.05, 0.1) is 6.61 Å². The molecule has 0 spiro atoms. The fourth-order valence-electron chi connectivity index (χ4n) is 6.76. The fourth-order valence-corrected chi connectivity index (χ4v) is 6.76. The van der Waals surface area contributed by atoms with E-state index in [1.54, 1.807) is 0 Å². The zero-order valence-corrected chi connectivity index (χ0v) is 39.5. The topological polar surface area (TPSA) is 61.8 Å². The smallest absolute Gasteiger partial charge is 0.306 e. The molecule has 1 atom stereocenters. The van der Waals surface area contributed by atoms with Crippen molar-refractivity contribution in [1.82, 2.24) is 0 Å². The highest BCUT2D eigenvalue weighted by Gasteiger charge is 2.17. The quantitative estimate of drug-likeness (QED) is 0.0347. The van der Waals surface area contributed by atoms with Gasteiger partial charge in [0.25, 0.3) is 0 Å². The third-order valence-electron chi connectivity index (χ3n) is 10.4. The highest BCUT2D eigenvalue weighted by molar-refractivity contribution is 5.70. The summed E-state index contributed by atoms with van der Waals surface area (Å²) in [5.41, 5.74) is 0. The summed E-state index contributed by atoms with van der Waals surface area (Å²) in [4.78, 5) is 25.4. The lowest BCUT2D eigenvalue weighted by Gasteiger charge is -2.18. The maximum absolute atomic E-state index is 12.8. The second-order valence-corrected chi connectivity index (χ2v) is 16.3. The number of carbonyl (C=O) groups is 2. The highest BCUT2D eigenvalue weighted by Crippen LogP contribution is 2.15. The average Bonchev–Trinajstić information content (AvgIpc) is 3.25. The van der Waals surface area contributed by atoms with E-state index < -0.39 is 6.10 Å². The molecular weight excluding hydrogens is 741 g/mol. The van der Waals surface area contributed by atoms with Gasteiger partial charge in [0, 0.05) is 19.4 Å². The van der Waals surface area contributed by atoms with Gasteiger partial charge in [-0.1, -0.05) is 215 Å². The van der Waals surface area contributed by atoms with Crippen molar-refractivity contribution in [3.05, 3.63) is 85.1 Å². The van der Waals surface area contributed by atoms with E-state index in [2.05, 4.69) is 106 Å². The minimum absolute atomic E-state index is 0.0528. The minimum Gasteiger partial charge on any atom is -0.462 e. The van der Waals surface area contributed by atoms with Gasteiger partial charge in [0.1, 0.15) is 6.61 Å². The number of hydrogen-bond acceptors (Lipinski definition) is 5. The zero-order chi connectivity index (χ0) is 43.5. The van der Waals surface area contributed by atoms with Crippen LogP contribution in [0.3, 0.4) is 0 Å². The van der Waals surface area contributed by atoms with E-state index in [1.165, 1.54) is 96.3 Å². The van der Waals surface area contributed by atoms with Crippen LogP contribution in [0.25, 0.3) is 0 Å². The summed E-state index contributed by atoms with van der Waals surface area (Å²) >= 11 is 0. The molecule has 1 unspecified atom stereocenters. The van der Waals surface area contributed by atoms with Gasteiger partial charge >= 0.3 is 11.9 Å². The summed E-state index contributed by atoms with van der Waals surface area (Å²) < 4.78 is 17.3. The van der Waals surface area contributed by atoms with Gasteiger partial charge in [-0.3, -0.25) is 9.59 Å². The predicted octanol–water partition coefficient (Wildman–Crippen LogP) is 16.9. The molecule has 0 saturated heterocycles. The molecule has 0 aromatic heterocycles. The third kappa shape index (κ3) is 47.8. The molecule has 0 heterocycles. The Labute approximate surface area is 371 Å². The molecule has 0 fully saturated rings. The molecule has 0 aromatic carbocycles. The fraction of sp³-hybridized carbons (Fsp3) is 0.709. The number of carbonyl (C=O) groups excluding carboxylic acids is 2. The first-order valence-corrected chi connectivity index (χ1v) is 25.1. The Morgan fingerprint density at radius 1 is 0.383 bits per heavy atom. The predicted molar refractivity (Wildman–Crippen MR) is 260 cm³/mol. The molecule has 0 rings (SSSR count). The molecule has 344 valence electrons. The number of hydrogen-bond donors (Lipinski definition) is 0. The SMILES string of the molecule is CC/C=C\C/C=C\C/C=C\C/C=C\CCCOCC(COC(=O)CCCCCCC/C=C\C/C=C\C/C=C\CC)OC(=O)CCCCCCCCCCCCCCCCC. The van der Waals surface area contributed by atoms with Gasteiger partial charge in [0.15, 0.2) is 6.10 Å². The Hall–Kier alpha value is -2.92. The summed E-state index contributed by atoms with van der Waals surface area (Å²) in [7, 11) is 0. The van der Waals surface area contributed by atoms with E-state index in [-0.39, 0.29) is 25.2 Å². The normalized spacial score (nSPS) is 12.9. The van der Waals surface area contributed by atoms with Crippen LogP contribution in [0.2, 0.25) is 0 Å². The van der Waals surface area contributed by atoms with Crippen molar-refractivity contribution < 1.29 is 23.8 Å². The van der Waals surface area contributed by atoms with Gasteiger partial charge in [0.2, 0.25) is 0 Å². The van der Waals surface area contributed by atoms with Crippen LogP contribution in [0.15, 0.2) is 85.1 Å². The molecule has 0 saturated carbocycles. The van der Waals surface area contributed by atoms with Crippen molar-refractivity contribution in [2.45, 2.75) is 232 Å². The number of unbranched alkanes of at least 4 members (excludes halogenated alkanes) is 20. The van der Waals surface area contributed by atoms with Gasteiger partial charge in [-0.25, -0.2) is 0 Å². The zero-order valence-electron chi connectivity index (χ0n) is 39.5. The molecule has 5 heteroatoms. The largest absolute Gasteiger partial charge is 0.462 e. The first kappa shape index (κ1) is 57.1. The van der Waals surface area contributed by atoms with E-state index in [4.69, 9.17) is 14.2 Å². The van der Waals surface area contributed by atoms with E-state index in [1.807, 2.05) is 0 Å². The van der Waals surface area contributed by atoms with Crippen LogP contribution in [-0.2, 0) is 23.8 Å². The summed E-state index contributed by atoms with van der Waals surface area (Å²) in [6, 6.07) is 0. The molecule has 0 aliphatic rings. The Kier molecular flexibility index (Phi) is 48.0. The average molecular weight is 835 g/mol. The van der Waals surface area contributed by atoms with Crippen LogP contribution in [0.4, 0.5) is 0 Å². The molecule has 5 nitrogen and oxygen atoms in total. The van der Waals surface area contributed by atoms with E-state index in [0.717, 1.165) is 96.3 Å². The first-order chi connectivity index (χ1) is 29.6. The van der Waals surface area contributed by atoms with Gasteiger partial charge in [-0.15, -0.1) is 0 Å². The van der Waals surface area contributed by atoms with Crippen LogP contribution in [0, 0.1) is 0 Å². The van der Waals surface area contributed by atoms with Crippen LogP contribution in [0.5, 0.6) is 0 Å². The van der Waals surface area contributed by atoms with Gasteiger partial charge in [-0.05, 0) is 83.5 Å². The van der Waals surface area contributed by atoms with Crippen LogP contribution < -0.4 is 0 Å². The maximum Gasteiger partial charge on any atom is 0.306 e. The molecule has 0 radical (unpaired) electrons. The minimum atomic E-state index is -0.573. The van der Waals surface area contributed by atoms with Crippen molar-refractivity contribution in [3.63, 3.8) is 0 Å². The molecule has 0 aromatic rings. The molecule has 0 aliphatic heterocycles. The monoisotopic (exact) mass is 835 g/mol. The van der Waals surface area contributed by atoms with E-state index in [9.17, 15) is 9.59 Å². The van der Waals surface area contributed by atoms with Crippen LogP contribution in [0.1, 0.15) is 226 Å². The Morgan fingerprint density at radius 3 is 1.20 bits per heavy atom. The summed E-state index contributed by atoms with van der Waals surface area (Å²) in [6.45, 7) is 7.46. The lowest BCUT2D eigenvalue weighted by Crippen LogP contribution is -2.30. The Bertz CT molecular complexity index is 1130. The summed E-state index contributed by atoms with van der Waals surface area (Å²) in [6.07, 6.45) is 66.0. The standard InChI is InChI=1S/C55H94O5/c1-4-7-10-13-16-19-22-25-28-30-33-36-39-42-45-48-54(56)59-52-53(51-58-50-47-44-41-38-35-32-27-24-21-18-15-12-9-6-3)60-55(57)49-46-43-40-37-34-31-29-26-23-20-17-14-11-8-5-2/h7,9-10,12,16,18-19,21,25,27-28,32,38,41,53H,4-6,8,11,13-15,17,20,22-24,26,29-31,33-37,39-40,42-52H2,1-3H3/b10-7-,12-9-,19-16-,21-18-,28-25-,32-27-,41-38-.